The van der Waals surface area contributed by atoms with Gasteiger partial charge in [-0.25, -0.2) is 8.42 Å². The monoisotopic (exact) mass is 315 g/mol. The van der Waals surface area contributed by atoms with Gasteiger partial charge in [-0.1, -0.05) is 6.92 Å². The average Bonchev–Trinajstić information content (AvgIpc) is 2.40. The van der Waals surface area contributed by atoms with E-state index in [2.05, 4.69) is 0 Å². The SMILES string of the molecule is CCCN(CC(=O)O)S(=O)(=O)c1ccc(OCC)c(C)c1. The molecule has 21 heavy (non-hydrogen) atoms. The normalized spacial score (nSPS) is 11.6. The molecule has 0 amide bonds. The van der Waals surface area contributed by atoms with Crippen LogP contribution in [0.3, 0.4) is 0 Å². The van der Waals surface area contributed by atoms with Gasteiger partial charge in [-0.3, -0.25) is 4.79 Å². The molecule has 0 unspecified atom stereocenters. The molecule has 1 aromatic carbocycles. The standard InChI is InChI=1S/C14H21NO5S/c1-4-8-15(10-14(16)17)21(18,19)12-6-7-13(20-5-2)11(3)9-12/h6-7,9H,4-5,8,10H2,1-3H3,(H,16,17). The summed E-state index contributed by atoms with van der Waals surface area (Å²) < 4.78 is 31.4. The van der Waals surface area contributed by atoms with Gasteiger partial charge < -0.3 is 9.84 Å². The van der Waals surface area contributed by atoms with Gasteiger partial charge in [0.25, 0.3) is 0 Å². The number of carboxylic acids is 1. The minimum Gasteiger partial charge on any atom is -0.494 e. The molecule has 118 valence electrons. The number of carboxylic acid groups (broad SMARTS) is 1. The van der Waals surface area contributed by atoms with Gasteiger partial charge in [-0.15, -0.1) is 0 Å². The van der Waals surface area contributed by atoms with E-state index in [1.165, 1.54) is 12.1 Å². The van der Waals surface area contributed by atoms with E-state index < -0.39 is 22.5 Å². The van der Waals surface area contributed by atoms with Crippen LogP contribution < -0.4 is 4.74 Å². The van der Waals surface area contributed by atoms with Crippen LogP contribution in [0.2, 0.25) is 0 Å². The summed E-state index contributed by atoms with van der Waals surface area (Å²) in [6.07, 6.45) is 0.544. The second-order valence-electron chi connectivity index (χ2n) is 4.59. The predicted octanol–water partition coefficient (Wildman–Crippen LogP) is 1.88. The molecule has 0 heterocycles. The molecule has 1 N–H and O–H groups in total. The molecule has 0 atom stereocenters. The molecule has 0 spiro atoms. The fraction of sp³-hybridized carbons (Fsp3) is 0.500. The Kier molecular flexibility index (Phi) is 6.17. The molecule has 6 nitrogen and oxygen atoms in total. The van der Waals surface area contributed by atoms with Crippen molar-refractivity contribution in [1.82, 2.24) is 4.31 Å². The highest BCUT2D eigenvalue weighted by molar-refractivity contribution is 7.89. The van der Waals surface area contributed by atoms with Crippen molar-refractivity contribution in [2.24, 2.45) is 0 Å². The van der Waals surface area contributed by atoms with E-state index in [1.807, 2.05) is 6.92 Å². The van der Waals surface area contributed by atoms with Gasteiger partial charge in [0.1, 0.15) is 12.3 Å². The summed E-state index contributed by atoms with van der Waals surface area (Å²) in [6.45, 7) is 5.52. The molecule has 1 rings (SSSR count). The lowest BCUT2D eigenvalue weighted by Gasteiger charge is -2.20. The molecule has 0 aromatic heterocycles. The van der Waals surface area contributed by atoms with Crippen molar-refractivity contribution in [3.05, 3.63) is 23.8 Å². The minimum absolute atomic E-state index is 0.0816. The van der Waals surface area contributed by atoms with Gasteiger partial charge in [-0.2, -0.15) is 4.31 Å². The molecular formula is C14H21NO5S. The van der Waals surface area contributed by atoms with E-state index in [0.29, 0.717) is 24.3 Å². The molecule has 7 heteroatoms. The highest BCUT2D eigenvalue weighted by atomic mass is 32.2. The van der Waals surface area contributed by atoms with Crippen LogP contribution >= 0.6 is 0 Å². The van der Waals surface area contributed by atoms with Crippen molar-refractivity contribution >= 4 is 16.0 Å². The lowest BCUT2D eigenvalue weighted by Crippen LogP contribution is -2.36. The Morgan fingerprint density at radius 2 is 2.00 bits per heavy atom. The van der Waals surface area contributed by atoms with Crippen molar-refractivity contribution < 1.29 is 23.1 Å². The van der Waals surface area contributed by atoms with Crippen LogP contribution in [0.15, 0.2) is 23.1 Å². The average molecular weight is 315 g/mol. The van der Waals surface area contributed by atoms with Crippen molar-refractivity contribution in [2.45, 2.75) is 32.1 Å². The quantitative estimate of drug-likeness (QED) is 0.792. The summed E-state index contributed by atoms with van der Waals surface area (Å²) >= 11 is 0. The van der Waals surface area contributed by atoms with Crippen LogP contribution in [0.1, 0.15) is 25.8 Å². The first-order chi connectivity index (χ1) is 9.82. The Balaban J connectivity index is 3.15. The van der Waals surface area contributed by atoms with Crippen molar-refractivity contribution in [1.29, 1.82) is 0 Å². The second-order valence-corrected chi connectivity index (χ2v) is 6.53. The summed E-state index contributed by atoms with van der Waals surface area (Å²) in [4.78, 5) is 10.9. The van der Waals surface area contributed by atoms with Gasteiger partial charge in [-0.05, 0) is 44.0 Å². The first-order valence-corrected chi connectivity index (χ1v) is 8.22. The number of aryl methyl sites for hydroxylation is 1. The fourth-order valence-electron chi connectivity index (χ4n) is 1.93. The highest BCUT2D eigenvalue weighted by Gasteiger charge is 2.26. The molecule has 0 saturated heterocycles. The van der Waals surface area contributed by atoms with Crippen LogP contribution in [-0.2, 0) is 14.8 Å². The van der Waals surface area contributed by atoms with Gasteiger partial charge in [0.05, 0.1) is 11.5 Å². The lowest BCUT2D eigenvalue weighted by molar-refractivity contribution is -0.137. The third-order valence-electron chi connectivity index (χ3n) is 2.87. The molecule has 0 aliphatic heterocycles. The Morgan fingerprint density at radius 1 is 1.33 bits per heavy atom. The Bertz CT molecular complexity index is 597. The van der Waals surface area contributed by atoms with Crippen molar-refractivity contribution in [3.63, 3.8) is 0 Å². The Morgan fingerprint density at radius 3 is 2.48 bits per heavy atom. The largest absolute Gasteiger partial charge is 0.494 e. The number of hydrogen-bond donors (Lipinski definition) is 1. The predicted molar refractivity (Wildman–Crippen MR) is 79.0 cm³/mol. The van der Waals surface area contributed by atoms with E-state index >= 15 is 0 Å². The maximum absolute atomic E-state index is 12.5. The first-order valence-electron chi connectivity index (χ1n) is 6.78. The number of aliphatic carboxylic acids is 1. The second kappa shape index (κ2) is 7.42. The Labute approximate surface area is 125 Å². The number of sulfonamides is 1. The van der Waals surface area contributed by atoms with Crippen LogP contribution in [-0.4, -0.2) is 43.5 Å². The van der Waals surface area contributed by atoms with Crippen molar-refractivity contribution in [3.8, 4) is 5.75 Å². The van der Waals surface area contributed by atoms with E-state index in [4.69, 9.17) is 9.84 Å². The molecule has 0 aliphatic carbocycles. The van der Waals surface area contributed by atoms with E-state index in [-0.39, 0.29) is 11.4 Å². The fourth-order valence-corrected chi connectivity index (χ4v) is 3.50. The molecule has 0 fully saturated rings. The van der Waals surface area contributed by atoms with Crippen LogP contribution in [0, 0.1) is 6.92 Å². The van der Waals surface area contributed by atoms with Gasteiger partial charge in [0.15, 0.2) is 0 Å². The number of ether oxygens (including phenoxy) is 1. The van der Waals surface area contributed by atoms with Crippen LogP contribution in [0.5, 0.6) is 5.75 Å². The highest BCUT2D eigenvalue weighted by Crippen LogP contribution is 2.24. The zero-order valence-electron chi connectivity index (χ0n) is 12.5. The Hall–Kier alpha value is -1.60. The molecule has 0 radical (unpaired) electrons. The lowest BCUT2D eigenvalue weighted by atomic mass is 10.2. The zero-order valence-corrected chi connectivity index (χ0v) is 13.3. The van der Waals surface area contributed by atoms with Gasteiger partial charge in [0.2, 0.25) is 10.0 Å². The first kappa shape index (κ1) is 17.5. The number of rotatable bonds is 8. The van der Waals surface area contributed by atoms with Crippen LogP contribution in [0.25, 0.3) is 0 Å². The zero-order chi connectivity index (χ0) is 16.0. The summed E-state index contributed by atoms with van der Waals surface area (Å²) in [5.74, 6) is -0.550. The molecule has 0 aliphatic rings. The topological polar surface area (TPSA) is 83.9 Å². The number of hydrogen-bond acceptors (Lipinski definition) is 4. The summed E-state index contributed by atoms with van der Waals surface area (Å²) in [5.41, 5.74) is 0.699. The molecule has 0 saturated carbocycles. The van der Waals surface area contributed by atoms with E-state index in [1.54, 1.807) is 19.9 Å². The maximum Gasteiger partial charge on any atom is 0.318 e. The van der Waals surface area contributed by atoms with Gasteiger partial charge >= 0.3 is 5.97 Å². The third-order valence-corrected chi connectivity index (χ3v) is 4.71. The third kappa shape index (κ3) is 4.44. The summed E-state index contributed by atoms with van der Waals surface area (Å²) in [7, 11) is -3.82. The number of carbonyl (C=O) groups is 1. The van der Waals surface area contributed by atoms with E-state index in [0.717, 1.165) is 4.31 Å². The molecule has 0 bridgehead atoms. The van der Waals surface area contributed by atoms with Crippen LogP contribution in [0.4, 0.5) is 0 Å². The number of nitrogens with zero attached hydrogens (tertiary/aromatic N) is 1. The summed E-state index contributed by atoms with van der Waals surface area (Å²) in [5, 5.41) is 8.86. The maximum atomic E-state index is 12.5. The van der Waals surface area contributed by atoms with Crippen molar-refractivity contribution in [2.75, 3.05) is 19.7 Å². The molecule has 1 aromatic rings. The summed E-state index contributed by atoms with van der Waals surface area (Å²) in [6, 6.07) is 4.54. The molecular weight excluding hydrogens is 294 g/mol. The van der Waals surface area contributed by atoms with Gasteiger partial charge in [0, 0.05) is 6.54 Å². The smallest absolute Gasteiger partial charge is 0.318 e. The van der Waals surface area contributed by atoms with E-state index in [9.17, 15) is 13.2 Å². The number of benzene rings is 1. The minimum atomic E-state index is -3.82.